The van der Waals surface area contributed by atoms with Crippen LogP contribution in [0.15, 0.2) is 42.6 Å². The zero-order chi connectivity index (χ0) is 17.6. The van der Waals surface area contributed by atoms with E-state index in [9.17, 15) is 4.79 Å². The van der Waals surface area contributed by atoms with Crippen LogP contribution < -0.4 is 10.1 Å². The first-order chi connectivity index (χ1) is 12.1. The summed E-state index contributed by atoms with van der Waals surface area (Å²) in [7, 11) is 0. The fourth-order valence-electron chi connectivity index (χ4n) is 2.68. The molecule has 6 heteroatoms. The first kappa shape index (κ1) is 17.0. The van der Waals surface area contributed by atoms with Crippen molar-refractivity contribution in [1.82, 2.24) is 19.9 Å². The molecule has 0 saturated heterocycles. The van der Waals surface area contributed by atoms with Gasteiger partial charge >= 0.3 is 0 Å². The predicted octanol–water partition coefficient (Wildman–Crippen LogP) is 2.47. The topological polar surface area (TPSA) is 68.5 Å². The molecule has 1 aromatic carbocycles. The van der Waals surface area contributed by atoms with Crippen molar-refractivity contribution in [3.8, 4) is 5.75 Å². The van der Waals surface area contributed by atoms with Crippen molar-refractivity contribution in [3.63, 3.8) is 0 Å². The Morgan fingerprint density at radius 1 is 1.20 bits per heavy atom. The maximum Gasteiger partial charge on any atom is 0.223 e. The van der Waals surface area contributed by atoms with Gasteiger partial charge in [0.1, 0.15) is 11.6 Å². The molecule has 3 rings (SSSR count). The number of nitrogens with zero attached hydrogens (tertiary/aromatic N) is 3. The Morgan fingerprint density at radius 3 is 2.92 bits per heavy atom. The zero-order valence-corrected chi connectivity index (χ0v) is 14.5. The van der Waals surface area contributed by atoms with Crippen LogP contribution in [0, 0.1) is 13.8 Å². The van der Waals surface area contributed by atoms with E-state index < -0.39 is 0 Å². The SMILES string of the molecule is Cc1ccc(OCCC(=O)NCCc2nnc3ccccn23)c(C)c1. The number of rotatable bonds is 7. The molecule has 0 aliphatic rings. The van der Waals surface area contributed by atoms with Gasteiger partial charge in [-0.3, -0.25) is 9.20 Å². The number of aryl methyl sites for hydroxylation is 2. The number of ether oxygens (including phenoxy) is 1. The molecule has 0 fully saturated rings. The lowest BCUT2D eigenvalue weighted by Crippen LogP contribution is -2.27. The van der Waals surface area contributed by atoms with Crippen LogP contribution in [0.25, 0.3) is 5.65 Å². The number of aromatic nitrogens is 3. The third-order valence-corrected chi connectivity index (χ3v) is 3.97. The van der Waals surface area contributed by atoms with Crippen LogP contribution in [0.1, 0.15) is 23.4 Å². The van der Waals surface area contributed by atoms with Gasteiger partial charge in [0, 0.05) is 19.2 Å². The van der Waals surface area contributed by atoms with Gasteiger partial charge in [0.2, 0.25) is 5.91 Å². The van der Waals surface area contributed by atoms with E-state index in [4.69, 9.17) is 4.74 Å². The minimum atomic E-state index is -0.0291. The van der Waals surface area contributed by atoms with Crippen LogP contribution in [0.5, 0.6) is 5.75 Å². The summed E-state index contributed by atoms with van der Waals surface area (Å²) in [5.41, 5.74) is 3.09. The van der Waals surface area contributed by atoms with Crippen molar-refractivity contribution in [3.05, 3.63) is 59.5 Å². The average molecular weight is 338 g/mol. The maximum atomic E-state index is 11.9. The molecule has 25 heavy (non-hydrogen) atoms. The summed E-state index contributed by atoms with van der Waals surface area (Å²) in [5.74, 6) is 1.63. The molecule has 0 atom stereocenters. The summed E-state index contributed by atoms with van der Waals surface area (Å²) < 4.78 is 7.61. The number of hydrogen-bond donors (Lipinski definition) is 1. The third kappa shape index (κ3) is 4.35. The van der Waals surface area contributed by atoms with Gasteiger partial charge in [-0.25, -0.2) is 0 Å². The summed E-state index contributed by atoms with van der Waals surface area (Å²) in [6.45, 7) is 4.94. The van der Waals surface area contributed by atoms with Gasteiger partial charge in [-0.15, -0.1) is 10.2 Å². The van der Waals surface area contributed by atoms with E-state index in [1.165, 1.54) is 5.56 Å². The molecule has 2 heterocycles. The number of carbonyl (C=O) groups is 1. The second-order valence-electron chi connectivity index (χ2n) is 6.01. The number of benzene rings is 1. The van der Waals surface area contributed by atoms with Gasteiger partial charge in [-0.05, 0) is 37.6 Å². The largest absolute Gasteiger partial charge is 0.493 e. The quantitative estimate of drug-likeness (QED) is 0.718. The zero-order valence-electron chi connectivity index (χ0n) is 14.5. The molecular weight excluding hydrogens is 316 g/mol. The fourth-order valence-corrected chi connectivity index (χ4v) is 2.68. The minimum absolute atomic E-state index is 0.0291. The lowest BCUT2D eigenvalue weighted by atomic mass is 10.1. The van der Waals surface area contributed by atoms with Crippen molar-refractivity contribution in [2.45, 2.75) is 26.7 Å². The van der Waals surface area contributed by atoms with E-state index in [2.05, 4.69) is 21.6 Å². The van der Waals surface area contributed by atoms with Crippen molar-refractivity contribution in [2.24, 2.45) is 0 Å². The molecule has 130 valence electrons. The van der Waals surface area contributed by atoms with Crippen LogP contribution in [-0.2, 0) is 11.2 Å². The molecule has 1 N–H and O–H groups in total. The fraction of sp³-hybridized carbons (Fsp3) is 0.316. The van der Waals surface area contributed by atoms with Gasteiger partial charge in [0.05, 0.1) is 13.0 Å². The molecule has 0 radical (unpaired) electrons. The second-order valence-corrected chi connectivity index (χ2v) is 6.01. The standard InChI is InChI=1S/C19H22N4O2/c1-14-6-7-16(15(2)13-14)25-12-9-19(24)20-10-8-18-22-21-17-5-3-4-11-23(17)18/h3-7,11,13H,8-10,12H2,1-2H3,(H,20,24). The summed E-state index contributed by atoms with van der Waals surface area (Å²) in [5, 5.41) is 11.1. The van der Waals surface area contributed by atoms with Gasteiger partial charge in [0.15, 0.2) is 5.65 Å². The molecule has 6 nitrogen and oxygen atoms in total. The third-order valence-electron chi connectivity index (χ3n) is 3.97. The number of hydrogen-bond acceptors (Lipinski definition) is 4. The normalized spacial score (nSPS) is 10.8. The molecule has 0 unspecified atom stereocenters. The summed E-state index contributed by atoms with van der Waals surface area (Å²) in [6, 6.07) is 11.8. The Morgan fingerprint density at radius 2 is 2.08 bits per heavy atom. The number of amides is 1. The average Bonchev–Trinajstić information content (AvgIpc) is 3.00. The Bertz CT molecular complexity index is 873. The molecule has 3 aromatic rings. The summed E-state index contributed by atoms with van der Waals surface area (Å²) >= 11 is 0. The van der Waals surface area contributed by atoms with Crippen LogP contribution in [0.3, 0.4) is 0 Å². The molecular formula is C19H22N4O2. The summed E-state index contributed by atoms with van der Waals surface area (Å²) in [4.78, 5) is 11.9. The van der Waals surface area contributed by atoms with Crippen LogP contribution in [0.4, 0.5) is 0 Å². The highest BCUT2D eigenvalue weighted by atomic mass is 16.5. The van der Waals surface area contributed by atoms with Crippen molar-refractivity contribution < 1.29 is 9.53 Å². The monoisotopic (exact) mass is 338 g/mol. The number of pyridine rings is 1. The Kier molecular flexibility index (Phi) is 5.28. The molecule has 0 spiro atoms. The van der Waals surface area contributed by atoms with Crippen molar-refractivity contribution in [1.29, 1.82) is 0 Å². The van der Waals surface area contributed by atoms with Gasteiger partial charge in [-0.1, -0.05) is 23.8 Å². The van der Waals surface area contributed by atoms with E-state index in [1.807, 2.05) is 54.8 Å². The highest BCUT2D eigenvalue weighted by Crippen LogP contribution is 2.18. The van der Waals surface area contributed by atoms with Gasteiger partial charge in [-0.2, -0.15) is 0 Å². The highest BCUT2D eigenvalue weighted by Gasteiger charge is 2.07. The molecule has 1 amide bonds. The molecule has 0 aliphatic carbocycles. The number of nitrogens with one attached hydrogen (secondary N) is 1. The first-order valence-corrected chi connectivity index (χ1v) is 8.39. The Balaban J connectivity index is 1.41. The van der Waals surface area contributed by atoms with Crippen molar-refractivity contribution in [2.75, 3.05) is 13.2 Å². The Labute approximate surface area is 146 Å². The molecule has 0 aliphatic heterocycles. The lowest BCUT2D eigenvalue weighted by Gasteiger charge is -2.10. The Hall–Kier alpha value is -2.89. The van der Waals surface area contributed by atoms with Gasteiger partial charge < -0.3 is 10.1 Å². The smallest absolute Gasteiger partial charge is 0.223 e. The maximum absolute atomic E-state index is 11.9. The van der Waals surface area contributed by atoms with Gasteiger partial charge in [0.25, 0.3) is 0 Å². The van der Waals surface area contributed by atoms with Crippen LogP contribution in [0.2, 0.25) is 0 Å². The summed E-state index contributed by atoms with van der Waals surface area (Å²) in [6.07, 6.45) is 2.88. The van der Waals surface area contributed by atoms with Crippen LogP contribution >= 0.6 is 0 Å². The van der Waals surface area contributed by atoms with E-state index in [1.54, 1.807) is 0 Å². The second kappa shape index (κ2) is 7.79. The van der Waals surface area contributed by atoms with E-state index in [0.29, 0.717) is 26.0 Å². The predicted molar refractivity (Wildman–Crippen MR) is 95.7 cm³/mol. The number of fused-ring (bicyclic) bond motifs is 1. The minimum Gasteiger partial charge on any atom is -0.493 e. The lowest BCUT2D eigenvalue weighted by molar-refractivity contribution is -0.121. The van der Waals surface area contributed by atoms with Crippen molar-refractivity contribution >= 4 is 11.6 Å². The molecule has 0 bridgehead atoms. The van der Waals surface area contributed by atoms with E-state index in [-0.39, 0.29) is 5.91 Å². The molecule has 0 saturated carbocycles. The van der Waals surface area contributed by atoms with Crippen LogP contribution in [-0.4, -0.2) is 33.7 Å². The van der Waals surface area contributed by atoms with E-state index >= 15 is 0 Å². The molecule has 2 aromatic heterocycles. The highest BCUT2D eigenvalue weighted by molar-refractivity contribution is 5.75. The van der Waals surface area contributed by atoms with E-state index in [0.717, 1.165) is 22.8 Å². The first-order valence-electron chi connectivity index (χ1n) is 8.39. The number of carbonyl (C=O) groups excluding carboxylic acids is 1.